The van der Waals surface area contributed by atoms with Crippen LogP contribution in [0.1, 0.15) is 30.5 Å². The first kappa shape index (κ1) is 25.5. The molecule has 11 heteroatoms. The van der Waals surface area contributed by atoms with Crippen LogP contribution in [0.15, 0.2) is 70.7 Å². The standard InChI is InChI=1S/C25H23F4N3O3S/c1-24(2)13-17-11-16(15-3-6-18(7-4-15)25(27,28)29)5-10-22(17)32(14-24)36(34,35)19-8-9-20(21(26)12-19)23(30)31-33/h3-12,33H,13-14H2,1-2H3,(H2,30,31). The third kappa shape index (κ3) is 4.75. The molecule has 36 heavy (non-hydrogen) atoms. The van der Waals surface area contributed by atoms with Crippen LogP contribution >= 0.6 is 0 Å². The van der Waals surface area contributed by atoms with Crippen LogP contribution in [0, 0.1) is 11.2 Å². The number of nitrogens with two attached hydrogens (primary N) is 1. The summed E-state index contributed by atoms with van der Waals surface area (Å²) in [5.74, 6) is -1.45. The maximum atomic E-state index is 14.6. The molecule has 4 rings (SSSR count). The van der Waals surface area contributed by atoms with Crippen LogP contribution in [-0.2, 0) is 22.6 Å². The monoisotopic (exact) mass is 521 g/mol. The van der Waals surface area contributed by atoms with Gasteiger partial charge in [0.15, 0.2) is 5.84 Å². The topological polar surface area (TPSA) is 96.0 Å². The number of halogens is 4. The number of alkyl halides is 3. The van der Waals surface area contributed by atoms with E-state index in [4.69, 9.17) is 10.9 Å². The summed E-state index contributed by atoms with van der Waals surface area (Å²) in [4.78, 5) is -0.301. The molecule has 6 nitrogen and oxygen atoms in total. The number of rotatable bonds is 4. The van der Waals surface area contributed by atoms with Gasteiger partial charge in [0.25, 0.3) is 10.0 Å². The zero-order valence-corrected chi connectivity index (χ0v) is 20.2. The van der Waals surface area contributed by atoms with Gasteiger partial charge in [-0.15, -0.1) is 0 Å². The molecule has 3 aromatic rings. The van der Waals surface area contributed by atoms with Crippen molar-refractivity contribution in [1.29, 1.82) is 0 Å². The Kier molecular flexibility index (Phi) is 6.24. The Labute approximate surface area is 205 Å². The van der Waals surface area contributed by atoms with Crippen LogP contribution in [0.3, 0.4) is 0 Å². The van der Waals surface area contributed by atoms with Crippen molar-refractivity contribution < 1.29 is 31.2 Å². The van der Waals surface area contributed by atoms with Gasteiger partial charge in [-0.25, -0.2) is 12.8 Å². The fraction of sp³-hybridized carbons (Fsp3) is 0.240. The Hall–Kier alpha value is -3.60. The predicted molar refractivity (Wildman–Crippen MR) is 128 cm³/mol. The average Bonchev–Trinajstić information content (AvgIpc) is 2.81. The predicted octanol–water partition coefficient (Wildman–Crippen LogP) is 5.38. The van der Waals surface area contributed by atoms with Crippen molar-refractivity contribution in [3.63, 3.8) is 0 Å². The number of amidine groups is 1. The van der Waals surface area contributed by atoms with E-state index in [2.05, 4.69) is 5.16 Å². The molecule has 0 saturated carbocycles. The van der Waals surface area contributed by atoms with E-state index in [9.17, 15) is 26.0 Å². The second kappa shape index (κ2) is 8.81. The highest BCUT2D eigenvalue weighted by molar-refractivity contribution is 7.92. The van der Waals surface area contributed by atoms with E-state index in [0.29, 0.717) is 28.8 Å². The van der Waals surface area contributed by atoms with E-state index >= 15 is 0 Å². The molecule has 1 aliphatic rings. The molecule has 190 valence electrons. The van der Waals surface area contributed by atoms with Crippen molar-refractivity contribution in [3.05, 3.63) is 83.2 Å². The van der Waals surface area contributed by atoms with Crippen LogP contribution < -0.4 is 10.0 Å². The lowest BCUT2D eigenvalue weighted by atomic mass is 9.81. The first-order valence-electron chi connectivity index (χ1n) is 10.8. The van der Waals surface area contributed by atoms with Crippen LogP contribution in [-0.4, -0.2) is 26.0 Å². The highest BCUT2D eigenvalue weighted by atomic mass is 32.2. The Bertz CT molecular complexity index is 1450. The second-order valence-electron chi connectivity index (χ2n) is 9.40. The highest BCUT2D eigenvalue weighted by Crippen LogP contribution is 2.41. The van der Waals surface area contributed by atoms with Gasteiger partial charge < -0.3 is 10.9 Å². The fourth-order valence-electron chi connectivity index (χ4n) is 4.31. The number of hydrogen-bond donors (Lipinski definition) is 2. The Morgan fingerprint density at radius 1 is 1.03 bits per heavy atom. The molecular formula is C25H23F4N3O3S. The molecule has 0 spiro atoms. The van der Waals surface area contributed by atoms with Gasteiger partial charge in [-0.3, -0.25) is 4.31 Å². The summed E-state index contributed by atoms with van der Waals surface area (Å²) in [6.07, 6.45) is -3.92. The van der Waals surface area contributed by atoms with Gasteiger partial charge in [0.2, 0.25) is 0 Å². The lowest BCUT2D eigenvalue weighted by Crippen LogP contribution is -2.44. The molecule has 0 atom stereocenters. The minimum atomic E-state index is -4.44. The van der Waals surface area contributed by atoms with Gasteiger partial charge in [0, 0.05) is 6.54 Å². The molecule has 3 aromatic carbocycles. The van der Waals surface area contributed by atoms with E-state index in [0.717, 1.165) is 24.3 Å². The third-order valence-electron chi connectivity index (χ3n) is 6.05. The van der Waals surface area contributed by atoms with Crippen LogP contribution in [0.5, 0.6) is 0 Å². The molecule has 3 N–H and O–H groups in total. The van der Waals surface area contributed by atoms with Gasteiger partial charge in [-0.2, -0.15) is 13.2 Å². The summed E-state index contributed by atoms with van der Waals surface area (Å²) < 4.78 is 81.7. The summed E-state index contributed by atoms with van der Waals surface area (Å²) in [5, 5.41) is 11.5. The van der Waals surface area contributed by atoms with Crippen molar-refractivity contribution in [2.24, 2.45) is 16.3 Å². The normalized spacial score (nSPS) is 16.1. The largest absolute Gasteiger partial charge is 0.416 e. The zero-order chi connectivity index (χ0) is 26.5. The number of fused-ring (bicyclic) bond motifs is 1. The summed E-state index contributed by atoms with van der Waals surface area (Å²) >= 11 is 0. The Balaban J connectivity index is 1.75. The quantitative estimate of drug-likeness (QED) is 0.158. The maximum Gasteiger partial charge on any atom is 0.416 e. The number of nitrogens with zero attached hydrogens (tertiary/aromatic N) is 2. The molecule has 1 aliphatic heterocycles. The van der Waals surface area contributed by atoms with Gasteiger partial charge >= 0.3 is 6.18 Å². The van der Waals surface area contributed by atoms with Crippen molar-refractivity contribution >= 4 is 21.5 Å². The first-order chi connectivity index (χ1) is 16.7. The maximum absolute atomic E-state index is 14.6. The smallest absolute Gasteiger partial charge is 0.409 e. The lowest BCUT2D eigenvalue weighted by molar-refractivity contribution is -0.137. The molecule has 0 amide bonds. The molecule has 0 unspecified atom stereocenters. The van der Waals surface area contributed by atoms with E-state index in [1.54, 1.807) is 18.2 Å². The number of hydrogen-bond acceptors (Lipinski definition) is 4. The fourth-order valence-corrected chi connectivity index (χ4v) is 6.01. The SMILES string of the molecule is CC1(C)Cc2cc(-c3ccc(C(F)(F)F)cc3)ccc2N(S(=O)(=O)c2ccc(C(N)=NO)c(F)c2)C1. The van der Waals surface area contributed by atoms with Crippen molar-refractivity contribution in [2.45, 2.75) is 31.3 Å². The van der Waals surface area contributed by atoms with Crippen LogP contribution in [0.4, 0.5) is 23.2 Å². The molecule has 0 saturated heterocycles. The zero-order valence-electron chi connectivity index (χ0n) is 19.3. The lowest BCUT2D eigenvalue weighted by Gasteiger charge is -2.40. The van der Waals surface area contributed by atoms with Crippen LogP contribution in [0.2, 0.25) is 0 Å². The molecule has 0 aromatic heterocycles. The summed E-state index contributed by atoms with van der Waals surface area (Å²) in [6.45, 7) is 3.92. The second-order valence-corrected chi connectivity index (χ2v) is 11.3. The summed E-state index contributed by atoms with van der Waals surface area (Å²) in [7, 11) is -4.19. The van der Waals surface area contributed by atoms with E-state index in [-0.39, 0.29) is 17.0 Å². The molecule has 1 heterocycles. The first-order valence-corrected chi connectivity index (χ1v) is 12.3. The van der Waals surface area contributed by atoms with E-state index in [1.807, 2.05) is 13.8 Å². The number of anilines is 1. The molecule has 0 bridgehead atoms. The van der Waals surface area contributed by atoms with E-state index in [1.165, 1.54) is 22.5 Å². The Morgan fingerprint density at radius 2 is 1.67 bits per heavy atom. The third-order valence-corrected chi connectivity index (χ3v) is 7.80. The average molecular weight is 522 g/mol. The van der Waals surface area contributed by atoms with E-state index < -0.39 is 38.8 Å². The number of benzene rings is 3. The molecule has 0 fully saturated rings. The van der Waals surface area contributed by atoms with Gasteiger partial charge in [-0.05, 0) is 71.0 Å². The summed E-state index contributed by atoms with van der Waals surface area (Å²) in [5.41, 5.74) is 6.26. The Morgan fingerprint density at radius 3 is 2.25 bits per heavy atom. The van der Waals surface area contributed by atoms with Crippen molar-refractivity contribution in [3.8, 4) is 11.1 Å². The molecular weight excluding hydrogens is 498 g/mol. The summed E-state index contributed by atoms with van der Waals surface area (Å²) in [6, 6.07) is 12.9. The minimum Gasteiger partial charge on any atom is -0.409 e. The van der Waals surface area contributed by atoms with Gasteiger partial charge in [-0.1, -0.05) is 37.2 Å². The van der Waals surface area contributed by atoms with Crippen molar-refractivity contribution in [1.82, 2.24) is 0 Å². The number of sulfonamides is 1. The highest BCUT2D eigenvalue weighted by Gasteiger charge is 2.37. The van der Waals surface area contributed by atoms with Gasteiger partial charge in [0.05, 0.1) is 21.7 Å². The van der Waals surface area contributed by atoms with Crippen LogP contribution in [0.25, 0.3) is 11.1 Å². The number of oxime groups is 1. The molecule has 0 aliphatic carbocycles. The van der Waals surface area contributed by atoms with Gasteiger partial charge in [0.1, 0.15) is 5.82 Å². The minimum absolute atomic E-state index is 0.131. The van der Waals surface area contributed by atoms with Crippen molar-refractivity contribution in [2.75, 3.05) is 10.8 Å². The molecule has 0 radical (unpaired) electrons.